The average Bonchev–Trinajstić information content (AvgIpc) is 2.80. The first-order valence-electron chi connectivity index (χ1n) is 7.57. The SMILES string of the molecule is CC(C)CN(CCCC(C)CN)C1CCCC1. The van der Waals surface area contributed by atoms with E-state index in [9.17, 15) is 0 Å². The fourth-order valence-electron chi connectivity index (χ4n) is 2.92. The van der Waals surface area contributed by atoms with Crippen molar-refractivity contribution in [2.75, 3.05) is 19.6 Å². The highest BCUT2D eigenvalue weighted by molar-refractivity contribution is 4.78. The predicted octanol–water partition coefficient (Wildman–Crippen LogP) is 3.26. The minimum Gasteiger partial charge on any atom is -0.330 e. The van der Waals surface area contributed by atoms with Crippen LogP contribution < -0.4 is 5.73 Å². The van der Waals surface area contributed by atoms with Crippen LogP contribution in [0.3, 0.4) is 0 Å². The zero-order valence-electron chi connectivity index (χ0n) is 12.1. The first-order chi connectivity index (χ1) is 8.13. The maximum atomic E-state index is 5.68. The van der Waals surface area contributed by atoms with Crippen LogP contribution in [-0.2, 0) is 0 Å². The van der Waals surface area contributed by atoms with Crippen LogP contribution in [-0.4, -0.2) is 30.6 Å². The minimum atomic E-state index is 0.694. The Hall–Kier alpha value is -0.0800. The van der Waals surface area contributed by atoms with Crippen LogP contribution in [0.4, 0.5) is 0 Å². The van der Waals surface area contributed by atoms with E-state index in [0.29, 0.717) is 5.92 Å². The third kappa shape index (κ3) is 5.87. The van der Waals surface area contributed by atoms with E-state index < -0.39 is 0 Å². The van der Waals surface area contributed by atoms with Crippen LogP contribution in [0.2, 0.25) is 0 Å². The maximum absolute atomic E-state index is 5.68. The molecule has 0 aromatic carbocycles. The van der Waals surface area contributed by atoms with Crippen molar-refractivity contribution < 1.29 is 0 Å². The molecule has 0 saturated heterocycles. The number of nitrogens with zero attached hydrogens (tertiary/aromatic N) is 1. The van der Waals surface area contributed by atoms with E-state index in [4.69, 9.17) is 5.73 Å². The lowest BCUT2D eigenvalue weighted by atomic mass is 10.0. The van der Waals surface area contributed by atoms with Crippen molar-refractivity contribution in [2.24, 2.45) is 17.6 Å². The highest BCUT2D eigenvalue weighted by Crippen LogP contribution is 2.24. The molecule has 1 saturated carbocycles. The van der Waals surface area contributed by atoms with E-state index >= 15 is 0 Å². The molecule has 2 heteroatoms. The first-order valence-corrected chi connectivity index (χ1v) is 7.57. The van der Waals surface area contributed by atoms with Gasteiger partial charge in [0, 0.05) is 12.6 Å². The molecule has 2 N–H and O–H groups in total. The quantitative estimate of drug-likeness (QED) is 0.705. The fourth-order valence-corrected chi connectivity index (χ4v) is 2.92. The molecule has 2 nitrogen and oxygen atoms in total. The molecule has 1 unspecified atom stereocenters. The zero-order valence-corrected chi connectivity index (χ0v) is 12.1. The van der Waals surface area contributed by atoms with E-state index in [1.165, 1.54) is 51.6 Å². The van der Waals surface area contributed by atoms with Gasteiger partial charge in [-0.2, -0.15) is 0 Å². The van der Waals surface area contributed by atoms with Crippen LogP contribution in [0.25, 0.3) is 0 Å². The number of hydrogen-bond acceptors (Lipinski definition) is 2. The monoisotopic (exact) mass is 240 g/mol. The van der Waals surface area contributed by atoms with Crippen LogP contribution in [0.15, 0.2) is 0 Å². The van der Waals surface area contributed by atoms with Gasteiger partial charge in [-0.05, 0) is 50.6 Å². The van der Waals surface area contributed by atoms with E-state index in [-0.39, 0.29) is 0 Å². The minimum absolute atomic E-state index is 0.694. The molecule has 0 aliphatic heterocycles. The summed E-state index contributed by atoms with van der Waals surface area (Å²) in [6, 6.07) is 0.880. The number of nitrogens with two attached hydrogens (primary N) is 1. The highest BCUT2D eigenvalue weighted by Gasteiger charge is 2.22. The summed E-state index contributed by atoms with van der Waals surface area (Å²) in [5.74, 6) is 1.49. The van der Waals surface area contributed by atoms with Crippen molar-refractivity contribution >= 4 is 0 Å². The van der Waals surface area contributed by atoms with Crippen molar-refractivity contribution in [3.8, 4) is 0 Å². The van der Waals surface area contributed by atoms with Crippen molar-refractivity contribution in [3.05, 3.63) is 0 Å². The third-order valence-corrected chi connectivity index (χ3v) is 3.99. The Bertz CT molecular complexity index is 185. The van der Waals surface area contributed by atoms with E-state index in [1.807, 2.05) is 0 Å². The third-order valence-electron chi connectivity index (χ3n) is 3.99. The molecule has 102 valence electrons. The molecular weight excluding hydrogens is 208 g/mol. The van der Waals surface area contributed by atoms with E-state index in [1.54, 1.807) is 0 Å². The van der Waals surface area contributed by atoms with Gasteiger partial charge >= 0.3 is 0 Å². The zero-order chi connectivity index (χ0) is 12.7. The van der Waals surface area contributed by atoms with Gasteiger partial charge in [0.1, 0.15) is 0 Å². The summed E-state index contributed by atoms with van der Waals surface area (Å²) in [6.07, 6.45) is 8.36. The van der Waals surface area contributed by atoms with Gasteiger partial charge in [-0.25, -0.2) is 0 Å². The van der Waals surface area contributed by atoms with Crippen molar-refractivity contribution in [2.45, 2.75) is 65.3 Å². The Kier molecular flexibility index (Phi) is 7.14. The molecule has 0 radical (unpaired) electrons. The second kappa shape index (κ2) is 8.10. The standard InChI is InChI=1S/C15H32N2/c1-13(2)12-17(15-8-4-5-9-15)10-6-7-14(3)11-16/h13-15H,4-12,16H2,1-3H3. The van der Waals surface area contributed by atoms with Gasteiger partial charge in [0.2, 0.25) is 0 Å². The van der Waals surface area contributed by atoms with Gasteiger partial charge in [0.25, 0.3) is 0 Å². The van der Waals surface area contributed by atoms with Gasteiger partial charge < -0.3 is 10.6 Å². The average molecular weight is 240 g/mol. The maximum Gasteiger partial charge on any atom is 0.00953 e. The molecule has 0 bridgehead atoms. The molecule has 0 amide bonds. The largest absolute Gasteiger partial charge is 0.330 e. The molecule has 0 spiro atoms. The molecule has 1 fully saturated rings. The number of hydrogen-bond donors (Lipinski definition) is 1. The molecule has 0 aromatic heterocycles. The summed E-state index contributed by atoms with van der Waals surface area (Å²) >= 11 is 0. The Morgan fingerprint density at radius 1 is 1.18 bits per heavy atom. The van der Waals surface area contributed by atoms with Crippen LogP contribution >= 0.6 is 0 Å². The fraction of sp³-hybridized carbons (Fsp3) is 1.00. The second-order valence-corrected chi connectivity index (χ2v) is 6.31. The molecule has 1 rings (SSSR count). The normalized spacial score (nSPS) is 19.4. The smallest absolute Gasteiger partial charge is 0.00953 e. The lowest BCUT2D eigenvalue weighted by Crippen LogP contribution is -2.37. The summed E-state index contributed by atoms with van der Waals surface area (Å²) in [4.78, 5) is 2.75. The Morgan fingerprint density at radius 2 is 1.82 bits per heavy atom. The Morgan fingerprint density at radius 3 is 2.35 bits per heavy atom. The lowest BCUT2D eigenvalue weighted by Gasteiger charge is -2.30. The summed E-state index contributed by atoms with van der Waals surface area (Å²) < 4.78 is 0. The van der Waals surface area contributed by atoms with Crippen LogP contribution in [0, 0.1) is 11.8 Å². The molecular formula is C15H32N2. The van der Waals surface area contributed by atoms with Crippen molar-refractivity contribution in [1.82, 2.24) is 4.90 Å². The molecule has 1 atom stereocenters. The van der Waals surface area contributed by atoms with E-state index in [0.717, 1.165) is 18.5 Å². The predicted molar refractivity (Wildman–Crippen MR) is 76.1 cm³/mol. The number of rotatable bonds is 8. The van der Waals surface area contributed by atoms with Crippen molar-refractivity contribution in [3.63, 3.8) is 0 Å². The van der Waals surface area contributed by atoms with Gasteiger partial charge in [-0.15, -0.1) is 0 Å². The van der Waals surface area contributed by atoms with Crippen molar-refractivity contribution in [1.29, 1.82) is 0 Å². The van der Waals surface area contributed by atoms with Gasteiger partial charge in [-0.3, -0.25) is 0 Å². The van der Waals surface area contributed by atoms with Crippen LogP contribution in [0.5, 0.6) is 0 Å². The molecule has 1 aliphatic rings. The molecule has 0 heterocycles. The lowest BCUT2D eigenvalue weighted by molar-refractivity contribution is 0.171. The van der Waals surface area contributed by atoms with Gasteiger partial charge in [0.05, 0.1) is 0 Å². The molecule has 0 aromatic rings. The summed E-state index contributed by atoms with van der Waals surface area (Å²) in [5.41, 5.74) is 5.68. The highest BCUT2D eigenvalue weighted by atomic mass is 15.2. The van der Waals surface area contributed by atoms with Crippen LogP contribution in [0.1, 0.15) is 59.3 Å². The summed E-state index contributed by atoms with van der Waals surface area (Å²) in [5, 5.41) is 0. The second-order valence-electron chi connectivity index (χ2n) is 6.31. The first kappa shape index (κ1) is 15.0. The van der Waals surface area contributed by atoms with Gasteiger partial charge in [0.15, 0.2) is 0 Å². The van der Waals surface area contributed by atoms with E-state index in [2.05, 4.69) is 25.7 Å². The molecule has 1 aliphatic carbocycles. The van der Waals surface area contributed by atoms with Gasteiger partial charge in [-0.1, -0.05) is 33.6 Å². The summed E-state index contributed by atoms with van der Waals surface area (Å²) in [6.45, 7) is 10.3. The summed E-state index contributed by atoms with van der Waals surface area (Å²) in [7, 11) is 0. The Labute approximate surface area is 108 Å². The topological polar surface area (TPSA) is 29.3 Å². The molecule has 17 heavy (non-hydrogen) atoms. The Balaban J connectivity index is 2.29.